The van der Waals surface area contributed by atoms with Crippen molar-refractivity contribution < 1.29 is 42.7 Å². The summed E-state index contributed by atoms with van der Waals surface area (Å²) < 4.78 is 28.3. The smallest absolute Gasteiger partial charge is 0.266 e. The van der Waals surface area contributed by atoms with E-state index in [0.29, 0.717) is 92.6 Å². The maximum atomic E-state index is 14.2. The van der Waals surface area contributed by atoms with Gasteiger partial charge in [-0.05, 0) is 86.8 Å². The molecule has 0 radical (unpaired) electrons. The standard InChI is InChI=1S/C47H57F2N11O7/c48-47(49)17-23-59(29-47)38-26-32(25-37(56-38)55-36-24-30(27-50)14-20-51-36)31-15-21-58(22-16-31)42(64)11-4-2-1-3-10-39(61)52-18-5-6-19-53-41(63)28-54-34-9-7-8-33-43(34)46(67)60(45(33)66)35-12-13-40(62)57-44(35)65/h7-9,14,20,24-26,31,35,45,54,66H,1-6,10-13,15-19,21-23,28-29H2,(H,52,61)(H,53,63)(H,51,55,56)(H,57,62,65). The minimum atomic E-state index is -2.79. The molecule has 2 aromatic heterocycles. The molecule has 20 heteroatoms. The third kappa shape index (κ3) is 12.6. The zero-order valence-electron chi connectivity index (χ0n) is 37.3. The number of aromatic nitrogens is 2. The van der Waals surface area contributed by atoms with Gasteiger partial charge in [0.2, 0.25) is 29.5 Å². The van der Waals surface area contributed by atoms with Crippen molar-refractivity contribution >= 4 is 58.6 Å². The van der Waals surface area contributed by atoms with Crippen molar-refractivity contribution in [2.45, 2.75) is 108 Å². The van der Waals surface area contributed by atoms with Gasteiger partial charge in [0, 0.05) is 75.9 Å². The number of imide groups is 1. The summed E-state index contributed by atoms with van der Waals surface area (Å²) >= 11 is 0. The van der Waals surface area contributed by atoms with Gasteiger partial charge in [-0.3, -0.25) is 39.0 Å². The van der Waals surface area contributed by atoms with Gasteiger partial charge in [-0.25, -0.2) is 18.7 Å². The van der Waals surface area contributed by atoms with Gasteiger partial charge >= 0.3 is 0 Å². The van der Waals surface area contributed by atoms with Crippen LogP contribution in [-0.4, -0.2) is 118 Å². The number of nitriles is 1. The second-order valence-electron chi connectivity index (χ2n) is 17.5. The van der Waals surface area contributed by atoms with Crippen molar-refractivity contribution in [1.29, 1.82) is 5.26 Å². The Labute approximate surface area is 387 Å². The van der Waals surface area contributed by atoms with Gasteiger partial charge in [-0.2, -0.15) is 5.26 Å². The first-order valence-corrected chi connectivity index (χ1v) is 23.1. The van der Waals surface area contributed by atoms with E-state index in [4.69, 9.17) is 0 Å². The summed E-state index contributed by atoms with van der Waals surface area (Å²) in [5.74, 6) is -3.25. The molecule has 2 unspecified atom stereocenters. The summed E-state index contributed by atoms with van der Waals surface area (Å²) in [4.78, 5) is 88.8. The molecule has 7 rings (SSSR count). The van der Waals surface area contributed by atoms with Crippen LogP contribution >= 0.6 is 0 Å². The lowest BCUT2D eigenvalue weighted by Crippen LogP contribution is -2.53. The predicted octanol–water partition coefficient (Wildman–Crippen LogP) is 4.36. The first-order valence-electron chi connectivity index (χ1n) is 23.1. The number of unbranched alkanes of at least 4 members (excludes halogenated alkanes) is 4. The number of piperidine rings is 2. The molecule has 0 spiro atoms. The summed E-state index contributed by atoms with van der Waals surface area (Å²) in [6.45, 7) is 1.67. The summed E-state index contributed by atoms with van der Waals surface area (Å²) in [5, 5.41) is 34.2. The minimum absolute atomic E-state index is 0.0501. The van der Waals surface area contributed by atoms with Crippen LogP contribution in [0.2, 0.25) is 0 Å². The van der Waals surface area contributed by atoms with Gasteiger partial charge in [0.1, 0.15) is 23.5 Å². The number of nitrogens with zero attached hydrogens (tertiary/aromatic N) is 6. The molecule has 18 nitrogen and oxygen atoms in total. The quantitative estimate of drug-likeness (QED) is 0.0683. The fraction of sp³-hybridized carbons (Fsp3) is 0.511. The van der Waals surface area contributed by atoms with Crippen LogP contribution in [0.25, 0.3) is 0 Å². The molecule has 6 amide bonds. The monoisotopic (exact) mass is 925 g/mol. The zero-order chi connectivity index (χ0) is 47.5. The van der Waals surface area contributed by atoms with Gasteiger partial charge in [0.15, 0.2) is 6.23 Å². The van der Waals surface area contributed by atoms with Gasteiger partial charge < -0.3 is 36.2 Å². The summed E-state index contributed by atoms with van der Waals surface area (Å²) in [5.41, 5.74) is 2.20. The highest BCUT2D eigenvalue weighted by Crippen LogP contribution is 2.39. The Morgan fingerprint density at radius 1 is 0.896 bits per heavy atom. The number of halogens is 2. The molecular weight excluding hydrogens is 869 g/mol. The fourth-order valence-electron chi connectivity index (χ4n) is 9.02. The molecule has 356 valence electrons. The fourth-order valence-corrected chi connectivity index (χ4v) is 9.02. The Morgan fingerprint density at radius 2 is 1.64 bits per heavy atom. The van der Waals surface area contributed by atoms with Crippen LogP contribution in [0.3, 0.4) is 0 Å². The average Bonchev–Trinajstić information content (AvgIpc) is 3.82. The molecule has 3 aromatic rings. The van der Waals surface area contributed by atoms with Gasteiger partial charge in [0.05, 0.1) is 30.3 Å². The van der Waals surface area contributed by atoms with Crippen LogP contribution in [0.15, 0.2) is 48.7 Å². The van der Waals surface area contributed by atoms with E-state index < -0.39 is 42.5 Å². The van der Waals surface area contributed by atoms with E-state index >= 15 is 0 Å². The van der Waals surface area contributed by atoms with Crippen LogP contribution in [0.5, 0.6) is 0 Å². The van der Waals surface area contributed by atoms with E-state index in [0.717, 1.165) is 42.6 Å². The van der Waals surface area contributed by atoms with Crippen molar-refractivity contribution in [3.63, 3.8) is 0 Å². The third-order valence-electron chi connectivity index (χ3n) is 12.7. The Balaban J connectivity index is 0.736. The molecule has 0 aliphatic carbocycles. The van der Waals surface area contributed by atoms with Crippen LogP contribution in [0.4, 0.5) is 31.9 Å². The molecule has 0 saturated carbocycles. The number of anilines is 4. The number of hydrogen-bond donors (Lipinski definition) is 6. The number of aliphatic hydroxyl groups is 1. The number of likely N-dealkylation sites (tertiary alicyclic amines) is 1. The van der Waals surface area contributed by atoms with Gasteiger partial charge in [0.25, 0.3) is 11.8 Å². The van der Waals surface area contributed by atoms with E-state index in [1.165, 1.54) is 6.20 Å². The second kappa shape index (κ2) is 22.2. The molecule has 67 heavy (non-hydrogen) atoms. The third-order valence-corrected chi connectivity index (χ3v) is 12.7. The zero-order valence-corrected chi connectivity index (χ0v) is 37.3. The molecule has 6 N–H and O–H groups in total. The van der Waals surface area contributed by atoms with Gasteiger partial charge in [-0.1, -0.05) is 25.0 Å². The topological polar surface area (TPSA) is 242 Å². The van der Waals surface area contributed by atoms with Crippen LogP contribution < -0.4 is 31.5 Å². The number of alkyl halides is 2. The molecule has 2 atom stereocenters. The Morgan fingerprint density at radius 3 is 2.36 bits per heavy atom. The number of fused-ring (bicyclic) bond motifs is 1. The lowest BCUT2D eigenvalue weighted by molar-refractivity contribution is -0.139. The number of benzene rings is 1. The van der Waals surface area contributed by atoms with E-state index in [2.05, 4.69) is 42.6 Å². The van der Waals surface area contributed by atoms with Crippen molar-refractivity contribution in [2.75, 3.05) is 61.3 Å². The first-order chi connectivity index (χ1) is 32.3. The molecule has 0 bridgehead atoms. The molecular formula is C47H57F2N11O7. The molecule has 3 fully saturated rings. The molecule has 1 aromatic carbocycles. The molecule has 4 aliphatic heterocycles. The maximum absolute atomic E-state index is 14.2. The minimum Gasteiger partial charge on any atom is -0.376 e. The van der Waals surface area contributed by atoms with Crippen molar-refractivity contribution in [3.8, 4) is 6.07 Å². The SMILES string of the molecule is N#Cc1ccnc(Nc2cc(C3CCN(C(=O)CCCCCCC(=O)NCCCCNC(=O)CNc4cccc5c4C(=O)N(C4CCC(=O)NC4=O)C5O)CC3)cc(N3CCC(F)(F)C3)n2)c1. The summed E-state index contributed by atoms with van der Waals surface area (Å²) in [6, 6.07) is 12.9. The van der Waals surface area contributed by atoms with E-state index in [9.17, 15) is 47.9 Å². The second-order valence-corrected chi connectivity index (χ2v) is 17.5. The number of pyridine rings is 2. The van der Waals surface area contributed by atoms with Crippen LogP contribution in [0, 0.1) is 11.3 Å². The number of hydrogen-bond acceptors (Lipinski definition) is 13. The first kappa shape index (κ1) is 48.2. The highest BCUT2D eigenvalue weighted by molar-refractivity contribution is 6.08. The van der Waals surface area contributed by atoms with Crippen molar-refractivity contribution in [2.24, 2.45) is 0 Å². The molecule has 3 saturated heterocycles. The maximum Gasteiger partial charge on any atom is 0.266 e. The lowest BCUT2D eigenvalue weighted by atomic mass is 9.89. The largest absolute Gasteiger partial charge is 0.376 e. The van der Waals surface area contributed by atoms with Crippen LogP contribution in [0.1, 0.15) is 123 Å². The summed E-state index contributed by atoms with van der Waals surface area (Å²) in [6.07, 6.45) is 6.69. The van der Waals surface area contributed by atoms with Gasteiger partial charge in [-0.15, -0.1) is 0 Å². The van der Waals surface area contributed by atoms with Crippen LogP contribution in [-0.2, 0) is 24.0 Å². The number of amides is 6. The van der Waals surface area contributed by atoms with Crippen molar-refractivity contribution in [3.05, 3.63) is 70.9 Å². The summed E-state index contributed by atoms with van der Waals surface area (Å²) in [7, 11) is 0. The predicted molar refractivity (Wildman–Crippen MR) is 242 cm³/mol. The number of carbonyl (C=O) groups is 6. The van der Waals surface area contributed by atoms with E-state index in [1.807, 2.05) is 17.0 Å². The normalized spacial score (nSPS) is 19.1. The number of rotatable bonds is 20. The highest BCUT2D eigenvalue weighted by Gasteiger charge is 2.45. The van der Waals surface area contributed by atoms with Crippen molar-refractivity contribution in [1.82, 2.24) is 35.7 Å². The lowest BCUT2D eigenvalue weighted by Gasteiger charge is -2.33. The van der Waals surface area contributed by atoms with E-state index in [-0.39, 0.29) is 61.6 Å². The van der Waals surface area contributed by atoms with E-state index in [1.54, 1.807) is 35.2 Å². The molecule has 4 aliphatic rings. The number of aliphatic hydroxyl groups excluding tert-OH is 1. The molecule has 6 heterocycles. The Hall–Kier alpha value is -6.75. The Kier molecular flexibility index (Phi) is 15.9. The Bertz CT molecular complexity index is 2370. The highest BCUT2D eigenvalue weighted by atomic mass is 19.3. The number of carbonyl (C=O) groups excluding carboxylic acids is 6. The number of nitrogens with one attached hydrogen (secondary N) is 5. The average molecular weight is 926 g/mol.